The fourth-order valence-electron chi connectivity index (χ4n) is 1.80. The molecule has 0 unspecified atom stereocenters. The SMILES string of the molecule is CCN1CCC(NCC(F)(F)CO)CC1. The highest BCUT2D eigenvalue weighted by molar-refractivity contribution is 4.79. The molecule has 90 valence electrons. The van der Waals surface area contributed by atoms with E-state index in [1.54, 1.807) is 0 Å². The first-order chi connectivity index (χ1) is 7.07. The van der Waals surface area contributed by atoms with Crippen molar-refractivity contribution in [2.24, 2.45) is 0 Å². The first kappa shape index (κ1) is 12.8. The fourth-order valence-corrected chi connectivity index (χ4v) is 1.80. The first-order valence-corrected chi connectivity index (χ1v) is 5.52. The van der Waals surface area contributed by atoms with Crippen LogP contribution in [0.1, 0.15) is 19.8 Å². The molecular weight excluding hydrogens is 202 g/mol. The Bertz CT molecular complexity index is 182. The molecule has 0 bridgehead atoms. The molecule has 0 radical (unpaired) electrons. The second kappa shape index (κ2) is 5.72. The van der Waals surface area contributed by atoms with Crippen LogP contribution in [0.25, 0.3) is 0 Å². The van der Waals surface area contributed by atoms with Crippen LogP contribution in [-0.2, 0) is 0 Å². The molecule has 0 atom stereocenters. The van der Waals surface area contributed by atoms with Gasteiger partial charge in [-0.25, -0.2) is 8.78 Å². The maximum atomic E-state index is 12.7. The van der Waals surface area contributed by atoms with Gasteiger partial charge in [-0.3, -0.25) is 0 Å². The minimum absolute atomic E-state index is 0.172. The number of alkyl halides is 2. The zero-order valence-corrected chi connectivity index (χ0v) is 9.18. The maximum Gasteiger partial charge on any atom is 0.282 e. The zero-order chi connectivity index (χ0) is 11.3. The van der Waals surface area contributed by atoms with Crippen LogP contribution in [0.2, 0.25) is 0 Å². The van der Waals surface area contributed by atoms with Crippen LogP contribution in [0.3, 0.4) is 0 Å². The number of nitrogens with one attached hydrogen (secondary N) is 1. The lowest BCUT2D eigenvalue weighted by Crippen LogP contribution is -2.46. The smallest absolute Gasteiger partial charge is 0.282 e. The minimum atomic E-state index is -2.98. The molecule has 0 aromatic carbocycles. The first-order valence-electron chi connectivity index (χ1n) is 5.52. The summed E-state index contributed by atoms with van der Waals surface area (Å²) in [5.74, 6) is -2.98. The molecule has 5 heteroatoms. The Hall–Kier alpha value is -0.260. The number of halogens is 2. The second-order valence-electron chi connectivity index (χ2n) is 4.10. The lowest BCUT2D eigenvalue weighted by atomic mass is 10.0. The van der Waals surface area contributed by atoms with Crippen LogP contribution in [0.4, 0.5) is 8.78 Å². The lowest BCUT2D eigenvalue weighted by molar-refractivity contribution is -0.0504. The van der Waals surface area contributed by atoms with Crippen LogP contribution in [0.15, 0.2) is 0 Å². The van der Waals surface area contributed by atoms with Crippen molar-refractivity contribution >= 4 is 0 Å². The summed E-state index contributed by atoms with van der Waals surface area (Å²) in [5.41, 5.74) is 0. The maximum absolute atomic E-state index is 12.7. The highest BCUT2D eigenvalue weighted by atomic mass is 19.3. The summed E-state index contributed by atoms with van der Waals surface area (Å²) in [6.07, 6.45) is 1.82. The van der Waals surface area contributed by atoms with Crippen molar-refractivity contribution in [1.82, 2.24) is 10.2 Å². The molecule has 1 aliphatic heterocycles. The lowest BCUT2D eigenvalue weighted by Gasteiger charge is -2.32. The van der Waals surface area contributed by atoms with Gasteiger partial charge in [-0.1, -0.05) is 6.92 Å². The van der Waals surface area contributed by atoms with Crippen LogP contribution in [0.5, 0.6) is 0 Å². The number of rotatable bonds is 5. The second-order valence-corrected chi connectivity index (χ2v) is 4.10. The van der Waals surface area contributed by atoms with Crippen molar-refractivity contribution in [2.75, 3.05) is 32.8 Å². The molecular formula is C10H20F2N2O. The third-order valence-electron chi connectivity index (χ3n) is 2.92. The summed E-state index contributed by atoms with van der Waals surface area (Å²) in [6, 6.07) is 0.172. The van der Waals surface area contributed by atoms with E-state index in [9.17, 15) is 8.78 Å². The molecule has 0 amide bonds. The molecule has 1 fully saturated rings. The summed E-state index contributed by atoms with van der Waals surface area (Å²) in [4.78, 5) is 2.31. The van der Waals surface area contributed by atoms with Crippen LogP contribution >= 0.6 is 0 Å². The predicted molar refractivity (Wildman–Crippen MR) is 55.2 cm³/mol. The number of hydrogen-bond donors (Lipinski definition) is 2. The normalized spacial score (nSPS) is 20.8. The molecule has 1 aliphatic rings. The average Bonchev–Trinajstić information content (AvgIpc) is 2.27. The monoisotopic (exact) mass is 222 g/mol. The van der Waals surface area contributed by atoms with E-state index in [1.165, 1.54) is 0 Å². The van der Waals surface area contributed by atoms with Gasteiger partial charge < -0.3 is 15.3 Å². The number of likely N-dealkylation sites (tertiary alicyclic amines) is 1. The summed E-state index contributed by atoms with van der Waals surface area (Å²) in [6.45, 7) is 3.58. The summed E-state index contributed by atoms with van der Waals surface area (Å²) in [7, 11) is 0. The van der Waals surface area contributed by atoms with Crippen molar-refractivity contribution < 1.29 is 13.9 Å². The van der Waals surface area contributed by atoms with Crippen molar-refractivity contribution in [3.63, 3.8) is 0 Å². The van der Waals surface area contributed by atoms with Crippen LogP contribution in [-0.4, -0.2) is 54.8 Å². The van der Waals surface area contributed by atoms with Gasteiger partial charge in [0.25, 0.3) is 5.92 Å². The third kappa shape index (κ3) is 4.40. The third-order valence-corrected chi connectivity index (χ3v) is 2.92. The van der Waals surface area contributed by atoms with Gasteiger partial charge >= 0.3 is 0 Å². The Kier molecular flexibility index (Phi) is 4.89. The van der Waals surface area contributed by atoms with Crippen molar-refractivity contribution in [3.8, 4) is 0 Å². The number of hydrogen-bond acceptors (Lipinski definition) is 3. The molecule has 0 aromatic heterocycles. The molecule has 15 heavy (non-hydrogen) atoms. The van der Waals surface area contributed by atoms with Crippen molar-refractivity contribution in [3.05, 3.63) is 0 Å². The van der Waals surface area contributed by atoms with E-state index in [4.69, 9.17) is 5.11 Å². The summed E-state index contributed by atoms with van der Waals surface area (Å²) < 4.78 is 25.5. The Morgan fingerprint density at radius 3 is 2.47 bits per heavy atom. The topological polar surface area (TPSA) is 35.5 Å². The Labute approximate surface area is 89.5 Å². The van der Waals surface area contributed by atoms with Gasteiger partial charge in [0.2, 0.25) is 0 Å². The number of aliphatic hydroxyl groups excluding tert-OH is 1. The largest absolute Gasteiger partial charge is 0.390 e. The van der Waals surface area contributed by atoms with Gasteiger partial charge in [-0.2, -0.15) is 0 Å². The Morgan fingerprint density at radius 1 is 1.40 bits per heavy atom. The quantitative estimate of drug-likeness (QED) is 0.718. The highest BCUT2D eigenvalue weighted by Crippen LogP contribution is 2.14. The minimum Gasteiger partial charge on any atom is -0.390 e. The summed E-state index contributed by atoms with van der Waals surface area (Å²) in [5, 5.41) is 11.2. The van der Waals surface area contributed by atoms with E-state index in [1.807, 2.05) is 0 Å². The molecule has 2 N–H and O–H groups in total. The van der Waals surface area contributed by atoms with E-state index < -0.39 is 19.1 Å². The molecule has 1 saturated heterocycles. The molecule has 0 aliphatic carbocycles. The molecule has 1 rings (SSSR count). The van der Waals surface area contributed by atoms with Gasteiger partial charge in [-0.15, -0.1) is 0 Å². The standard InChI is InChI=1S/C10H20F2N2O/c1-2-14-5-3-9(4-6-14)13-7-10(11,12)8-15/h9,13,15H,2-8H2,1H3. The Balaban J connectivity index is 2.19. The van der Waals surface area contributed by atoms with Crippen molar-refractivity contribution in [1.29, 1.82) is 0 Å². The van der Waals surface area contributed by atoms with Gasteiger partial charge in [0, 0.05) is 6.04 Å². The van der Waals surface area contributed by atoms with Crippen LogP contribution < -0.4 is 5.32 Å². The van der Waals surface area contributed by atoms with Gasteiger partial charge in [0.05, 0.1) is 6.54 Å². The molecule has 0 spiro atoms. The predicted octanol–water partition coefficient (Wildman–Crippen LogP) is 0.688. The highest BCUT2D eigenvalue weighted by Gasteiger charge is 2.29. The van der Waals surface area contributed by atoms with Gasteiger partial charge in [-0.05, 0) is 32.5 Å². The molecule has 0 aromatic rings. The van der Waals surface area contributed by atoms with E-state index in [0.29, 0.717) is 0 Å². The average molecular weight is 222 g/mol. The van der Waals surface area contributed by atoms with Crippen molar-refractivity contribution in [2.45, 2.75) is 31.7 Å². The van der Waals surface area contributed by atoms with Gasteiger partial charge in [0.15, 0.2) is 0 Å². The van der Waals surface area contributed by atoms with Crippen LogP contribution in [0, 0.1) is 0 Å². The van der Waals surface area contributed by atoms with Gasteiger partial charge in [0.1, 0.15) is 6.61 Å². The van der Waals surface area contributed by atoms with E-state index in [0.717, 1.165) is 32.5 Å². The molecule has 1 heterocycles. The van der Waals surface area contributed by atoms with E-state index in [-0.39, 0.29) is 6.04 Å². The van der Waals surface area contributed by atoms with E-state index in [2.05, 4.69) is 17.1 Å². The number of aliphatic hydroxyl groups is 1. The molecule has 3 nitrogen and oxygen atoms in total. The molecule has 0 saturated carbocycles. The summed E-state index contributed by atoms with van der Waals surface area (Å²) >= 11 is 0. The van der Waals surface area contributed by atoms with E-state index >= 15 is 0 Å². The number of piperidine rings is 1. The number of nitrogens with zero attached hydrogens (tertiary/aromatic N) is 1. The fraction of sp³-hybridized carbons (Fsp3) is 1.00. The Morgan fingerprint density at radius 2 is 2.00 bits per heavy atom. The zero-order valence-electron chi connectivity index (χ0n) is 9.18.